The van der Waals surface area contributed by atoms with Gasteiger partial charge in [-0.3, -0.25) is 4.98 Å². The first-order valence-electron chi connectivity index (χ1n) is 9.26. The summed E-state index contributed by atoms with van der Waals surface area (Å²) in [5, 5.41) is 8.85. The zero-order chi connectivity index (χ0) is 18.9. The minimum Gasteiger partial charge on any atom is -0.347 e. The fourth-order valence-corrected chi connectivity index (χ4v) is 3.49. The van der Waals surface area contributed by atoms with Crippen LogP contribution in [0.25, 0.3) is 22.8 Å². The van der Waals surface area contributed by atoms with E-state index in [9.17, 15) is 0 Å². The van der Waals surface area contributed by atoms with E-state index in [0.717, 1.165) is 47.4 Å². The first-order chi connectivity index (χ1) is 13.8. The third-order valence-corrected chi connectivity index (χ3v) is 4.87. The Morgan fingerprint density at radius 2 is 1.75 bits per heavy atom. The molecule has 4 heterocycles. The van der Waals surface area contributed by atoms with Crippen molar-refractivity contribution < 1.29 is 0 Å². The van der Waals surface area contributed by atoms with E-state index in [1.54, 1.807) is 12.4 Å². The van der Waals surface area contributed by atoms with Gasteiger partial charge in [0.05, 0.1) is 6.54 Å². The molecule has 138 valence electrons. The number of fused-ring (bicyclic) bond motifs is 1. The van der Waals surface area contributed by atoms with Crippen molar-refractivity contribution in [2.24, 2.45) is 0 Å². The second-order valence-electron chi connectivity index (χ2n) is 6.81. The number of anilines is 1. The van der Waals surface area contributed by atoms with Gasteiger partial charge in [-0.1, -0.05) is 30.3 Å². The Morgan fingerprint density at radius 3 is 2.57 bits per heavy atom. The van der Waals surface area contributed by atoms with Gasteiger partial charge in [-0.15, -0.1) is 10.2 Å². The maximum atomic E-state index is 4.78. The molecule has 7 heteroatoms. The number of rotatable bonds is 3. The Balaban J connectivity index is 1.46. The van der Waals surface area contributed by atoms with E-state index in [1.807, 2.05) is 43.3 Å². The van der Waals surface area contributed by atoms with Crippen LogP contribution < -0.4 is 4.90 Å². The number of benzene rings is 1. The maximum absolute atomic E-state index is 4.78. The van der Waals surface area contributed by atoms with Crippen LogP contribution in [-0.4, -0.2) is 36.3 Å². The molecule has 0 unspecified atom stereocenters. The fraction of sp³-hybridized carbons (Fsp3) is 0.190. The van der Waals surface area contributed by atoms with E-state index < -0.39 is 0 Å². The van der Waals surface area contributed by atoms with Crippen LogP contribution >= 0.6 is 0 Å². The summed E-state index contributed by atoms with van der Waals surface area (Å²) < 4.78 is 2.20. The van der Waals surface area contributed by atoms with Crippen molar-refractivity contribution in [2.45, 2.75) is 20.0 Å². The van der Waals surface area contributed by atoms with Crippen molar-refractivity contribution in [2.75, 3.05) is 11.4 Å². The molecule has 0 saturated carbocycles. The molecule has 0 amide bonds. The van der Waals surface area contributed by atoms with Gasteiger partial charge in [0.1, 0.15) is 5.82 Å². The van der Waals surface area contributed by atoms with Gasteiger partial charge < -0.3 is 9.47 Å². The van der Waals surface area contributed by atoms with Crippen molar-refractivity contribution >= 4 is 5.82 Å². The monoisotopic (exact) mass is 369 g/mol. The van der Waals surface area contributed by atoms with Crippen LogP contribution in [0.15, 0.2) is 60.9 Å². The molecular weight excluding hydrogens is 350 g/mol. The van der Waals surface area contributed by atoms with Crippen molar-refractivity contribution in [3.8, 4) is 22.8 Å². The average molecular weight is 369 g/mol. The predicted molar refractivity (Wildman–Crippen MR) is 107 cm³/mol. The normalized spacial score (nSPS) is 13.4. The lowest BCUT2D eigenvalue weighted by molar-refractivity contribution is 0.559. The van der Waals surface area contributed by atoms with Crippen LogP contribution in [-0.2, 0) is 13.1 Å². The van der Waals surface area contributed by atoms with Crippen molar-refractivity contribution in [1.82, 2.24) is 29.7 Å². The van der Waals surface area contributed by atoms with E-state index >= 15 is 0 Å². The summed E-state index contributed by atoms with van der Waals surface area (Å²) in [6, 6.07) is 16.1. The molecule has 0 radical (unpaired) electrons. The Bertz CT molecular complexity index is 1110. The molecule has 0 spiro atoms. The van der Waals surface area contributed by atoms with Gasteiger partial charge in [0.15, 0.2) is 17.5 Å². The largest absolute Gasteiger partial charge is 0.347 e. The highest BCUT2D eigenvalue weighted by Gasteiger charge is 2.23. The van der Waals surface area contributed by atoms with Crippen LogP contribution in [0.1, 0.15) is 11.5 Å². The maximum Gasteiger partial charge on any atom is 0.164 e. The number of hydrogen-bond acceptors (Lipinski definition) is 6. The smallest absolute Gasteiger partial charge is 0.164 e. The Kier molecular flexibility index (Phi) is 4.05. The van der Waals surface area contributed by atoms with Crippen LogP contribution in [0.3, 0.4) is 0 Å². The van der Waals surface area contributed by atoms with E-state index in [0.29, 0.717) is 12.4 Å². The number of aromatic nitrogens is 6. The highest BCUT2D eigenvalue weighted by atomic mass is 15.3. The number of aryl methyl sites for hydroxylation is 1. The quantitative estimate of drug-likeness (QED) is 0.552. The highest BCUT2D eigenvalue weighted by Crippen LogP contribution is 2.25. The Morgan fingerprint density at radius 1 is 0.893 bits per heavy atom. The molecule has 28 heavy (non-hydrogen) atoms. The highest BCUT2D eigenvalue weighted by molar-refractivity contribution is 5.58. The molecule has 0 saturated heterocycles. The minimum absolute atomic E-state index is 0.669. The zero-order valence-corrected chi connectivity index (χ0v) is 15.5. The summed E-state index contributed by atoms with van der Waals surface area (Å²) in [7, 11) is 0. The summed E-state index contributed by atoms with van der Waals surface area (Å²) in [6.07, 6.45) is 3.54. The molecule has 7 nitrogen and oxygen atoms in total. The topological polar surface area (TPSA) is 72.6 Å². The van der Waals surface area contributed by atoms with Crippen LogP contribution in [0, 0.1) is 6.92 Å². The molecule has 1 aliphatic rings. The van der Waals surface area contributed by atoms with E-state index in [2.05, 4.69) is 41.8 Å². The second-order valence-corrected chi connectivity index (χ2v) is 6.81. The number of hydrogen-bond donors (Lipinski definition) is 0. The number of pyridine rings is 1. The lowest BCUT2D eigenvalue weighted by Crippen LogP contribution is -2.34. The van der Waals surface area contributed by atoms with Crippen LogP contribution in [0.2, 0.25) is 0 Å². The van der Waals surface area contributed by atoms with Crippen molar-refractivity contribution in [1.29, 1.82) is 0 Å². The van der Waals surface area contributed by atoms with Gasteiger partial charge in [0.25, 0.3) is 0 Å². The molecule has 0 N–H and O–H groups in total. The molecule has 0 fully saturated rings. The number of nitrogens with zero attached hydrogens (tertiary/aromatic N) is 7. The van der Waals surface area contributed by atoms with Gasteiger partial charge in [-0.2, -0.15) is 0 Å². The van der Waals surface area contributed by atoms with Gasteiger partial charge >= 0.3 is 0 Å². The summed E-state index contributed by atoms with van der Waals surface area (Å²) in [6.45, 7) is 4.32. The summed E-state index contributed by atoms with van der Waals surface area (Å²) in [5.74, 6) is 3.47. The molecule has 1 aliphatic heterocycles. The lowest BCUT2D eigenvalue weighted by atomic mass is 10.2. The molecule has 5 rings (SSSR count). The van der Waals surface area contributed by atoms with Gasteiger partial charge in [-0.05, 0) is 19.1 Å². The first kappa shape index (κ1) is 16.6. The summed E-state index contributed by atoms with van der Waals surface area (Å²) >= 11 is 0. The van der Waals surface area contributed by atoms with Gasteiger partial charge in [0, 0.05) is 48.4 Å². The molecule has 4 aromatic rings. The minimum atomic E-state index is 0.669. The molecular formula is C21H19N7. The molecule has 1 aromatic carbocycles. The van der Waals surface area contributed by atoms with Crippen LogP contribution in [0.4, 0.5) is 5.82 Å². The third kappa shape index (κ3) is 3.00. The average Bonchev–Trinajstić information content (AvgIpc) is 3.18. The second kappa shape index (κ2) is 6.84. The van der Waals surface area contributed by atoms with Gasteiger partial charge in [-0.25, -0.2) is 9.97 Å². The summed E-state index contributed by atoms with van der Waals surface area (Å²) in [5.41, 5.74) is 2.94. The SMILES string of the molecule is Cc1cc(N2CCn3c(nnc3-c3ccccc3)C2)nc(-c2cccnc2)n1. The lowest BCUT2D eigenvalue weighted by Gasteiger charge is -2.29. The van der Waals surface area contributed by atoms with E-state index in [4.69, 9.17) is 4.98 Å². The molecule has 0 aliphatic carbocycles. The standard InChI is InChI=1S/C21H19N7/c1-15-12-18(24-20(23-15)17-8-5-9-22-13-17)27-10-11-28-19(14-27)25-26-21(28)16-6-3-2-4-7-16/h2-9,12-13H,10-11,14H2,1H3. The van der Waals surface area contributed by atoms with Crippen LogP contribution in [0.5, 0.6) is 0 Å². The van der Waals surface area contributed by atoms with Crippen molar-refractivity contribution in [3.63, 3.8) is 0 Å². The van der Waals surface area contributed by atoms with Crippen molar-refractivity contribution in [3.05, 3.63) is 72.4 Å². The Labute approximate surface area is 162 Å². The predicted octanol–water partition coefficient (Wildman–Crippen LogP) is 3.13. The van der Waals surface area contributed by atoms with Gasteiger partial charge in [0.2, 0.25) is 0 Å². The van der Waals surface area contributed by atoms with E-state index in [-0.39, 0.29) is 0 Å². The molecule has 3 aromatic heterocycles. The van der Waals surface area contributed by atoms with E-state index in [1.165, 1.54) is 0 Å². The molecule has 0 atom stereocenters. The fourth-order valence-electron chi connectivity index (χ4n) is 3.49. The molecule has 0 bridgehead atoms. The summed E-state index contributed by atoms with van der Waals surface area (Å²) in [4.78, 5) is 15.8. The zero-order valence-electron chi connectivity index (χ0n) is 15.5. The first-order valence-corrected chi connectivity index (χ1v) is 9.26. The Hall–Kier alpha value is -3.61. The third-order valence-electron chi connectivity index (χ3n) is 4.87.